The number of esters is 1. The first-order chi connectivity index (χ1) is 8.82. The Labute approximate surface area is 116 Å². The fraction of sp³-hybridized carbons (Fsp3) is 0.273. The molecule has 8 heteroatoms. The molecule has 0 atom stereocenters. The van der Waals surface area contributed by atoms with Gasteiger partial charge in [0.15, 0.2) is 0 Å². The van der Waals surface area contributed by atoms with Gasteiger partial charge in [-0.05, 0) is 29.5 Å². The minimum absolute atomic E-state index is 0.0750. The second-order valence-corrected chi connectivity index (χ2v) is 4.66. The van der Waals surface area contributed by atoms with Gasteiger partial charge in [0.1, 0.15) is 6.07 Å². The number of thioether (sulfide) groups is 1. The van der Waals surface area contributed by atoms with Crippen molar-refractivity contribution in [3.63, 3.8) is 0 Å². The molecule has 0 spiro atoms. The Morgan fingerprint density at radius 2 is 2.16 bits per heavy atom. The Bertz CT molecular complexity index is 540. The smallest absolute Gasteiger partial charge is 0.446 e. The fourth-order valence-corrected chi connectivity index (χ4v) is 2.31. The van der Waals surface area contributed by atoms with Crippen LogP contribution in [-0.2, 0) is 10.6 Å². The predicted octanol–water partition coefficient (Wildman–Crippen LogP) is 3.70. The fourth-order valence-electron chi connectivity index (χ4n) is 1.32. The van der Waals surface area contributed by atoms with Gasteiger partial charge in [-0.15, -0.1) is 11.6 Å². The van der Waals surface area contributed by atoms with Crippen LogP contribution in [0.4, 0.5) is 13.2 Å². The molecule has 0 saturated carbocycles. The van der Waals surface area contributed by atoms with E-state index in [1.54, 1.807) is 6.07 Å². The van der Waals surface area contributed by atoms with Crippen molar-refractivity contribution in [3.8, 4) is 6.07 Å². The summed E-state index contributed by atoms with van der Waals surface area (Å²) in [5, 5.41) is 8.88. The third kappa shape index (κ3) is 4.04. The molecule has 0 bridgehead atoms. The lowest BCUT2D eigenvalue weighted by Gasteiger charge is -2.12. The van der Waals surface area contributed by atoms with Gasteiger partial charge in [-0.3, -0.25) is 0 Å². The first-order valence-corrected chi connectivity index (χ1v) is 6.14. The molecule has 1 aromatic rings. The van der Waals surface area contributed by atoms with Gasteiger partial charge >= 0.3 is 11.5 Å². The van der Waals surface area contributed by atoms with E-state index in [1.165, 1.54) is 0 Å². The third-order valence-corrected chi connectivity index (χ3v) is 3.22. The third-order valence-electron chi connectivity index (χ3n) is 2.10. The Morgan fingerprint density at radius 3 is 2.58 bits per heavy atom. The minimum atomic E-state index is -4.51. The van der Waals surface area contributed by atoms with E-state index in [0.717, 1.165) is 19.2 Å². The number of alkyl halides is 4. The van der Waals surface area contributed by atoms with E-state index in [9.17, 15) is 18.0 Å². The van der Waals surface area contributed by atoms with Gasteiger partial charge in [-0.25, -0.2) is 4.79 Å². The van der Waals surface area contributed by atoms with Crippen LogP contribution in [0, 0.1) is 11.3 Å². The number of benzene rings is 1. The minimum Gasteiger partial charge on any atom is -0.465 e. The van der Waals surface area contributed by atoms with Crippen molar-refractivity contribution < 1.29 is 22.7 Å². The summed E-state index contributed by atoms with van der Waals surface area (Å²) in [6.45, 7) is 0. The average Bonchev–Trinajstić information content (AvgIpc) is 2.35. The summed E-state index contributed by atoms with van der Waals surface area (Å²) in [4.78, 5) is 11.2. The van der Waals surface area contributed by atoms with Crippen LogP contribution in [0.25, 0.3) is 0 Å². The largest absolute Gasteiger partial charge is 0.465 e. The molecule has 0 aliphatic rings. The van der Waals surface area contributed by atoms with Crippen molar-refractivity contribution in [2.45, 2.75) is 16.3 Å². The van der Waals surface area contributed by atoms with E-state index in [0.29, 0.717) is 0 Å². The molecule has 0 amide bonds. The average molecular weight is 310 g/mol. The Balaban J connectivity index is 3.38. The van der Waals surface area contributed by atoms with Crippen LogP contribution in [0.2, 0.25) is 0 Å². The Kier molecular flexibility index (Phi) is 5.09. The standard InChI is InChI=1S/C11H7ClF3NO2S/c1-18-10(17)8-3-9(19-11(13,14)15)6(4-12)2-7(8)5-16/h2-3H,4H2,1H3. The van der Waals surface area contributed by atoms with Crippen LogP contribution >= 0.6 is 23.4 Å². The summed E-state index contributed by atoms with van der Waals surface area (Å²) in [5.74, 6) is -1.07. The number of hydrogen-bond donors (Lipinski definition) is 0. The number of carbonyl (C=O) groups is 1. The van der Waals surface area contributed by atoms with Crippen molar-refractivity contribution in [1.82, 2.24) is 0 Å². The summed E-state index contributed by atoms with van der Waals surface area (Å²) >= 11 is 5.16. The van der Waals surface area contributed by atoms with Crippen LogP contribution in [0.15, 0.2) is 17.0 Å². The van der Waals surface area contributed by atoms with Gasteiger partial charge in [0, 0.05) is 10.8 Å². The molecule has 3 nitrogen and oxygen atoms in total. The summed E-state index contributed by atoms with van der Waals surface area (Å²) < 4.78 is 41.6. The number of nitriles is 1. The highest BCUT2D eigenvalue weighted by Gasteiger charge is 2.31. The summed E-state index contributed by atoms with van der Waals surface area (Å²) in [6, 6.07) is 3.86. The molecule has 0 unspecified atom stereocenters. The number of carbonyl (C=O) groups excluding carboxylic acids is 1. The number of halogens is 4. The number of methoxy groups -OCH3 is 1. The lowest BCUT2D eigenvalue weighted by atomic mass is 10.1. The van der Waals surface area contributed by atoms with E-state index < -0.39 is 11.5 Å². The first-order valence-electron chi connectivity index (χ1n) is 4.79. The molecule has 102 valence electrons. The molecule has 1 rings (SSSR count). The van der Waals surface area contributed by atoms with Crippen LogP contribution in [0.3, 0.4) is 0 Å². The Hall–Kier alpha value is -1.39. The molecule has 0 aromatic heterocycles. The molecule has 0 saturated heterocycles. The van der Waals surface area contributed by atoms with Crippen molar-refractivity contribution in [3.05, 3.63) is 28.8 Å². The van der Waals surface area contributed by atoms with Crippen molar-refractivity contribution in [2.75, 3.05) is 7.11 Å². The highest BCUT2D eigenvalue weighted by atomic mass is 35.5. The van der Waals surface area contributed by atoms with Crippen molar-refractivity contribution in [1.29, 1.82) is 5.26 Å². The van der Waals surface area contributed by atoms with E-state index in [2.05, 4.69) is 4.74 Å². The maximum absolute atomic E-state index is 12.4. The summed E-state index contributed by atoms with van der Waals surface area (Å²) in [6.07, 6.45) is 0. The Morgan fingerprint density at radius 1 is 1.53 bits per heavy atom. The van der Waals surface area contributed by atoms with Crippen molar-refractivity contribution in [2.24, 2.45) is 0 Å². The molecule has 0 aliphatic carbocycles. The van der Waals surface area contributed by atoms with E-state index in [1.807, 2.05) is 0 Å². The predicted molar refractivity (Wildman–Crippen MR) is 64.0 cm³/mol. The molecular weight excluding hydrogens is 303 g/mol. The van der Waals surface area contributed by atoms with Gasteiger partial charge in [0.2, 0.25) is 0 Å². The van der Waals surface area contributed by atoms with Crippen LogP contribution in [0.1, 0.15) is 21.5 Å². The summed E-state index contributed by atoms with van der Waals surface area (Å²) in [7, 11) is 1.08. The number of ether oxygens (including phenoxy) is 1. The lowest BCUT2D eigenvalue weighted by molar-refractivity contribution is -0.0328. The maximum Gasteiger partial charge on any atom is 0.446 e. The molecule has 0 heterocycles. The quantitative estimate of drug-likeness (QED) is 0.485. The van der Waals surface area contributed by atoms with Gasteiger partial charge in [-0.1, -0.05) is 0 Å². The zero-order chi connectivity index (χ0) is 14.6. The first kappa shape index (κ1) is 15.7. The zero-order valence-corrected chi connectivity index (χ0v) is 11.1. The summed E-state index contributed by atoms with van der Waals surface area (Å²) in [5.41, 5.74) is -4.67. The molecule has 0 N–H and O–H groups in total. The van der Waals surface area contributed by atoms with E-state index >= 15 is 0 Å². The van der Waals surface area contributed by atoms with E-state index in [4.69, 9.17) is 16.9 Å². The van der Waals surface area contributed by atoms with Crippen molar-refractivity contribution >= 4 is 29.3 Å². The molecule has 0 fully saturated rings. The highest BCUT2D eigenvalue weighted by molar-refractivity contribution is 8.00. The van der Waals surface area contributed by atoms with Crippen LogP contribution < -0.4 is 0 Å². The van der Waals surface area contributed by atoms with E-state index in [-0.39, 0.29) is 39.2 Å². The number of rotatable bonds is 3. The van der Waals surface area contributed by atoms with Crippen LogP contribution in [-0.4, -0.2) is 18.6 Å². The molecule has 1 aromatic carbocycles. The second-order valence-electron chi connectivity index (χ2n) is 3.29. The molecule has 0 aliphatic heterocycles. The normalized spacial score (nSPS) is 10.9. The lowest BCUT2D eigenvalue weighted by Crippen LogP contribution is -2.07. The molecular formula is C11H7ClF3NO2S. The second kappa shape index (κ2) is 6.17. The molecule has 19 heavy (non-hydrogen) atoms. The van der Waals surface area contributed by atoms with Gasteiger partial charge in [0.05, 0.1) is 18.2 Å². The maximum atomic E-state index is 12.4. The number of nitrogens with zero attached hydrogens (tertiary/aromatic N) is 1. The topological polar surface area (TPSA) is 50.1 Å². The monoisotopic (exact) mass is 309 g/mol. The SMILES string of the molecule is COC(=O)c1cc(SC(F)(F)F)c(CCl)cc1C#N. The van der Waals surface area contributed by atoms with Gasteiger partial charge in [-0.2, -0.15) is 18.4 Å². The van der Waals surface area contributed by atoms with Gasteiger partial charge in [0.25, 0.3) is 0 Å². The van der Waals surface area contributed by atoms with Gasteiger partial charge < -0.3 is 4.74 Å². The highest BCUT2D eigenvalue weighted by Crippen LogP contribution is 2.40. The zero-order valence-electron chi connectivity index (χ0n) is 9.55. The van der Waals surface area contributed by atoms with Crippen LogP contribution in [0.5, 0.6) is 0 Å². The molecule has 0 radical (unpaired) electrons. The number of hydrogen-bond acceptors (Lipinski definition) is 4.